The monoisotopic (exact) mass is 250 g/mol. The van der Waals surface area contributed by atoms with Crippen molar-refractivity contribution in [3.05, 3.63) is 29.3 Å². The van der Waals surface area contributed by atoms with Crippen LogP contribution in [0.15, 0.2) is 18.2 Å². The summed E-state index contributed by atoms with van der Waals surface area (Å²) in [5.41, 5.74) is 3.55. The first-order chi connectivity index (χ1) is 8.13. The van der Waals surface area contributed by atoms with Gasteiger partial charge >= 0.3 is 0 Å². The van der Waals surface area contributed by atoms with Gasteiger partial charge in [0.2, 0.25) is 0 Å². The van der Waals surface area contributed by atoms with Gasteiger partial charge in [-0.1, -0.05) is 31.9 Å². The van der Waals surface area contributed by atoms with E-state index in [1.807, 2.05) is 0 Å². The number of nitrogens with one attached hydrogen (secondary N) is 2. The van der Waals surface area contributed by atoms with E-state index < -0.39 is 0 Å². The maximum atomic E-state index is 5.27. The Bertz CT molecular complexity index is 374. The molecule has 0 radical (unpaired) electrons. The first kappa shape index (κ1) is 14.0. The summed E-state index contributed by atoms with van der Waals surface area (Å²) in [5, 5.41) is 7.20. The van der Waals surface area contributed by atoms with Crippen LogP contribution < -0.4 is 10.6 Å². The number of benzene rings is 1. The van der Waals surface area contributed by atoms with E-state index in [1.54, 1.807) is 0 Å². The van der Waals surface area contributed by atoms with Gasteiger partial charge in [-0.15, -0.1) is 0 Å². The number of unbranched alkanes of at least 4 members (excludes halogenated alkanes) is 2. The third-order valence-electron chi connectivity index (χ3n) is 2.71. The minimum atomic E-state index is 0.717. The van der Waals surface area contributed by atoms with Gasteiger partial charge in [0.15, 0.2) is 5.11 Å². The van der Waals surface area contributed by atoms with Crippen molar-refractivity contribution < 1.29 is 0 Å². The SMILES string of the molecule is CCCCCNC(=S)Nc1cc(C)ccc1C. The Kier molecular flexibility index (Phi) is 5.98. The highest BCUT2D eigenvalue weighted by atomic mass is 32.1. The van der Waals surface area contributed by atoms with Crippen molar-refractivity contribution in [2.75, 3.05) is 11.9 Å². The summed E-state index contributed by atoms with van der Waals surface area (Å²) >= 11 is 5.27. The molecule has 2 nitrogen and oxygen atoms in total. The van der Waals surface area contributed by atoms with E-state index in [4.69, 9.17) is 12.2 Å². The molecule has 0 saturated heterocycles. The zero-order valence-electron chi connectivity index (χ0n) is 11.0. The van der Waals surface area contributed by atoms with Gasteiger partial charge in [0.25, 0.3) is 0 Å². The smallest absolute Gasteiger partial charge is 0.170 e. The van der Waals surface area contributed by atoms with Gasteiger partial charge in [-0.05, 0) is 49.7 Å². The van der Waals surface area contributed by atoms with Crippen LogP contribution in [0, 0.1) is 13.8 Å². The maximum absolute atomic E-state index is 5.27. The summed E-state index contributed by atoms with van der Waals surface area (Å²) < 4.78 is 0. The minimum absolute atomic E-state index is 0.717. The predicted octanol–water partition coefficient (Wildman–Crippen LogP) is 3.78. The molecule has 3 heteroatoms. The maximum Gasteiger partial charge on any atom is 0.170 e. The van der Waals surface area contributed by atoms with Crippen LogP contribution in [0.25, 0.3) is 0 Å². The van der Waals surface area contributed by atoms with Crippen LogP contribution in [0.2, 0.25) is 0 Å². The molecule has 0 aromatic heterocycles. The summed E-state index contributed by atoms with van der Waals surface area (Å²) in [4.78, 5) is 0. The fourth-order valence-corrected chi connectivity index (χ4v) is 1.83. The summed E-state index contributed by atoms with van der Waals surface area (Å²) in [6.45, 7) is 7.32. The lowest BCUT2D eigenvalue weighted by Gasteiger charge is -2.13. The third kappa shape index (κ3) is 5.18. The van der Waals surface area contributed by atoms with E-state index in [2.05, 4.69) is 49.6 Å². The van der Waals surface area contributed by atoms with Crippen LogP contribution in [-0.2, 0) is 0 Å². The third-order valence-corrected chi connectivity index (χ3v) is 2.95. The Morgan fingerprint density at radius 2 is 2.00 bits per heavy atom. The summed E-state index contributed by atoms with van der Waals surface area (Å²) in [6.07, 6.45) is 3.66. The molecular formula is C14H22N2S. The number of anilines is 1. The lowest BCUT2D eigenvalue weighted by Crippen LogP contribution is -2.29. The molecule has 0 bridgehead atoms. The standard InChI is InChI=1S/C14H22N2S/c1-4-5-6-9-15-14(17)16-13-10-11(2)7-8-12(13)3/h7-8,10H,4-6,9H2,1-3H3,(H2,15,16,17). The van der Waals surface area contributed by atoms with Gasteiger partial charge in [-0.3, -0.25) is 0 Å². The highest BCUT2D eigenvalue weighted by Crippen LogP contribution is 2.15. The molecular weight excluding hydrogens is 228 g/mol. The van der Waals surface area contributed by atoms with Gasteiger partial charge in [0.1, 0.15) is 0 Å². The molecule has 1 aromatic rings. The van der Waals surface area contributed by atoms with Gasteiger partial charge in [0.05, 0.1) is 0 Å². The van der Waals surface area contributed by atoms with Crippen LogP contribution in [0.4, 0.5) is 5.69 Å². The number of aryl methyl sites for hydroxylation is 2. The van der Waals surface area contributed by atoms with E-state index in [0.717, 1.165) is 17.3 Å². The molecule has 94 valence electrons. The quantitative estimate of drug-likeness (QED) is 0.614. The average Bonchev–Trinajstić information content (AvgIpc) is 2.29. The van der Waals surface area contributed by atoms with Crippen molar-refractivity contribution in [2.45, 2.75) is 40.0 Å². The highest BCUT2D eigenvalue weighted by Gasteiger charge is 2.00. The first-order valence-corrected chi connectivity index (χ1v) is 6.66. The van der Waals surface area contributed by atoms with E-state index in [9.17, 15) is 0 Å². The average molecular weight is 250 g/mol. The zero-order chi connectivity index (χ0) is 12.7. The largest absolute Gasteiger partial charge is 0.362 e. The molecule has 0 aliphatic carbocycles. The van der Waals surface area contributed by atoms with Gasteiger partial charge in [0, 0.05) is 12.2 Å². The second-order valence-corrected chi connectivity index (χ2v) is 4.81. The van der Waals surface area contributed by atoms with Crippen LogP contribution in [0.3, 0.4) is 0 Å². The van der Waals surface area contributed by atoms with Crippen molar-refractivity contribution in [3.63, 3.8) is 0 Å². The van der Waals surface area contributed by atoms with E-state index >= 15 is 0 Å². The van der Waals surface area contributed by atoms with Crippen molar-refractivity contribution in [3.8, 4) is 0 Å². The van der Waals surface area contributed by atoms with Crippen LogP contribution in [-0.4, -0.2) is 11.7 Å². The van der Waals surface area contributed by atoms with Gasteiger partial charge in [-0.2, -0.15) is 0 Å². The Morgan fingerprint density at radius 3 is 2.71 bits per heavy atom. The van der Waals surface area contributed by atoms with E-state index in [0.29, 0.717) is 0 Å². The summed E-state index contributed by atoms with van der Waals surface area (Å²) in [5.74, 6) is 0. The summed E-state index contributed by atoms with van der Waals surface area (Å²) in [6, 6.07) is 6.34. The van der Waals surface area contributed by atoms with Crippen molar-refractivity contribution in [2.24, 2.45) is 0 Å². The molecule has 1 rings (SSSR count). The van der Waals surface area contributed by atoms with Crippen LogP contribution >= 0.6 is 12.2 Å². The number of rotatable bonds is 5. The Hall–Kier alpha value is -1.09. The fourth-order valence-electron chi connectivity index (χ4n) is 1.61. The topological polar surface area (TPSA) is 24.1 Å². The van der Waals surface area contributed by atoms with E-state index in [-0.39, 0.29) is 0 Å². The molecule has 0 heterocycles. The molecule has 17 heavy (non-hydrogen) atoms. The number of hydrogen-bond acceptors (Lipinski definition) is 1. The molecule has 0 saturated carbocycles. The minimum Gasteiger partial charge on any atom is -0.362 e. The summed E-state index contributed by atoms with van der Waals surface area (Å²) in [7, 11) is 0. The normalized spacial score (nSPS) is 10.1. The zero-order valence-corrected chi connectivity index (χ0v) is 11.8. The molecule has 0 unspecified atom stereocenters. The van der Waals surface area contributed by atoms with Crippen LogP contribution in [0.1, 0.15) is 37.3 Å². The molecule has 1 aromatic carbocycles. The fraction of sp³-hybridized carbons (Fsp3) is 0.500. The van der Waals surface area contributed by atoms with Crippen molar-refractivity contribution in [1.82, 2.24) is 5.32 Å². The highest BCUT2D eigenvalue weighted by molar-refractivity contribution is 7.80. The van der Waals surface area contributed by atoms with Crippen molar-refractivity contribution in [1.29, 1.82) is 0 Å². The molecule has 0 atom stereocenters. The number of thiocarbonyl (C=S) groups is 1. The van der Waals surface area contributed by atoms with Gasteiger partial charge in [-0.25, -0.2) is 0 Å². The Labute approximate surface area is 110 Å². The molecule has 0 spiro atoms. The molecule has 2 N–H and O–H groups in total. The Morgan fingerprint density at radius 1 is 1.24 bits per heavy atom. The van der Waals surface area contributed by atoms with Crippen LogP contribution in [0.5, 0.6) is 0 Å². The Balaban J connectivity index is 2.42. The van der Waals surface area contributed by atoms with Crippen molar-refractivity contribution >= 4 is 23.0 Å². The molecule has 0 amide bonds. The lowest BCUT2D eigenvalue weighted by molar-refractivity contribution is 0.698. The number of hydrogen-bond donors (Lipinski definition) is 2. The second-order valence-electron chi connectivity index (χ2n) is 4.41. The van der Waals surface area contributed by atoms with Gasteiger partial charge < -0.3 is 10.6 Å². The molecule has 0 aliphatic rings. The predicted molar refractivity (Wildman–Crippen MR) is 79.7 cm³/mol. The first-order valence-electron chi connectivity index (χ1n) is 6.25. The van der Waals surface area contributed by atoms with E-state index in [1.165, 1.54) is 30.4 Å². The molecule has 0 fully saturated rings. The second kappa shape index (κ2) is 7.28. The lowest BCUT2D eigenvalue weighted by atomic mass is 10.1. The molecule has 0 aliphatic heterocycles.